The van der Waals surface area contributed by atoms with Crippen molar-refractivity contribution < 1.29 is 9.72 Å². The number of carbonyl (C=O) groups excluding carboxylic acids is 1. The van der Waals surface area contributed by atoms with Gasteiger partial charge in [-0.2, -0.15) is 0 Å². The topological polar surface area (TPSA) is 75.5 Å². The van der Waals surface area contributed by atoms with Crippen LogP contribution in [0.25, 0.3) is 0 Å². The normalized spacial score (nSPS) is 15.2. The second kappa shape index (κ2) is 3.56. The molecule has 1 aliphatic heterocycles. The molecule has 1 amide bonds. The molecule has 0 saturated carbocycles. The largest absolute Gasteiger partial charge is 0.285 e. The third-order valence-corrected chi connectivity index (χ3v) is 2.17. The molecule has 0 bridgehead atoms. The SMILES string of the molecule is O=C1CCN(c2cccc([N+](=O)[O-])c2)N1. The van der Waals surface area contributed by atoms with Crippen molar-refractivity contribution in [1.29, 1.82) is 0 Å². The molecule has 0 atom stereocenters. The van der Waals surface area contributed by atoms with Gasteiger partial charge in [0.1, 0.15) is 0 Å². The summed E-state index contributed by atoms with van der Waals surface area (Å²) in [4.78, 5) is 21.0. The molecule has 0 aromatic heterocycles. The van der Waals surface area contributed by atoms with Crippen molar-refractivity contribution in [1.82, 2.24) is 5.43 Å². The average molecular weight is 207 g/mol. The Bertz CT molecular complexity index is 419. The summed E-state index contributed by atoms with van der Waals surface area (Å²) in [6, 6.07) is 6.17. The van der Waals surface area contributed by atoms with Crippen molar-refractivity contribution in [2.75, 3.05) is 11.6 Å². The van der Waals surface area contributed by atoms with E-state index in [1.807, 2.05) is 0 Å². The van der Waals surface area contributed by atoms with E-state index in [0.29, 0.717) is 18.7 Å². The number of hydrogen-bond acceptors (Lipinski definition) is 4. The van der Waals surface area contributed by atoms with E-state index in [4.69, 9.17) is 0 Å². The van der Waals surface area contributed by atoms with Gasteiger partial charge in [-0.1, -0.05) is 6.07 Å². The van der Waals surface area contributed by atoms with Gasteiger partial charge in [0.15, 0.2) is 0 Å². The van der Waals surface area contributed by atoms with E-state index in [1.165, 1.54) is 12.1 Å². The number of nitrogens with zero attached hydrogens (tertiary/aromatic N) is 2. The quantitative estimate of drug-likeness (QED) is 0.575. The van der Waals surface area contributed by atoms with Gasteiger partial charge >= 0.3 is 0 Å². The molecule has 15 heavy (non-hydrogen) atoms. The van der Waals surface area contributed by atoms with Crippen LogP contribution in [-0.4, -0.2) is 17.4 Å². The van der Waals surface area contributed by atoms with E-state index < -0.39 is 4.92 Å². The van der Waals surface area contributed by atoms with Crippen molar-refractivity contribution in [2.24, 2.45) is 0 Å². The van der Waals surface area contributed by atoms with Crippen LogP contribution in [0.1, 0.15) is 6.42 Å². The average Bonchev–Trinajstić information content (AvgIpc) is 2.65. The second-order valence-electron chi connectivity index (χ2n) is 3.21. The van der Waals surface area contributed by atoms with Crippen LogP contribution in [0, 0.1) is 10.1 Å². The summed E-state index contributed by atoms with van der Waals surface area (Å²) >= 11 is 0. The lowest BCUT2D eigenvalue weighted by atomic mass is 10.3. The Morgan fingerprint density at radius 3 is 2.87 bits per heavy atom. The van der Waals surface area contributed by atoms with E-state index in [-0.39, 0.29) is 11.6 Å². The molecule has 1 aromatic rings. The molecule has 6 heteroatoms. The van der Waals surface area contributed by atoms with Crippen LogP contribution in [0.4, 0.5) is 11.4 Å². The number of amides is 1. The standard InChI is InChI=1S/C9H9N3O3/c13-9-4-5-11(10-9)7-2-1-3-8(6-7)12(14)15/h1-3,6H,4-5H2,(H,10,13). The Balaban J connectivity index is 2.25. The molecule has 0 unspecified atom stereocenters. The molecule has 2 rings (SSSR count). The Labute approximate surface area is 85.6 Å². The van der Waals surface area contributed by atoms with Gasteiger partial charge in [-0.25, -0.2) is 0 Å². The maximum Gasteiger partial charge on any atom is 0.271 e. The Kier molecular flexibility index (Phi) is 2.24. The predicted molar refractivity (Wildman–Crippen MR) is 53.2 cm³/mol. The molecule has 0 radical (unpaired) electrons. The van der Waals surface area contributed by atoms with Gasteiger partial charge < -0.3 is 0 Å². The third kappa shape index (κ3) is 1.88. The van der Waals surface area contributed by atoms with E-state index in [0.717, 1.165) is 0 Å². The zero-order chi connectivity index (χ0) is 10.8. The molecule has 0 aliphatic carbocycles. The summed E-state index contributed by atoms with van der Waals surface area (Å²) in [5.74, 6) is -0.0680. The number of non-ortho nitro benzene ring substituents is 1. The predicted octanol–water partition coefficient (Wildman–Crippen LogP) is 0.836. The minimum Gasteiger partial charge on any atom is -0.285 e. The summed E-state index contributed by atoms with van der Waals surface area (Å²) < 4.78 is 0. The molecule has 1 N–H and O–H groups in total. The maximum atomic E-state index is 11.0. The van der Waals surface area contributed by atoms with Gasteiger partial charge in [0.25, 0.3) is 5.69 Å². The summed E-state index contributed by atoms with van der Waals surface area (Å²) in [7, 11) is 0. The summed E-state index contributed by atoms with van der Waals surface area (Å²) in [6.07, 6.45) is 0.419. The summed E-state index contributed by atoms with van der Waals surface area (Å²) in [5.41, 5.74) is 3.26. The van der Waals surface area contributed by atoms with E-state index in [2.05, 4.69) is 5.43 Å². The number of nitro groups is 1. The monoisotopic (exact) mass is 207 g/mol. The van der Waals surface area contributed by atoms with E-state index in [1.54, 1.807) is 17.1 Å². The van der Waals surface area contributed by atoms with Crippen molar-refractivity contribution in [2.45, 2.75) is 6.42 Å². The van der Waals surface area contributed by atoms with E-state index >= 15 is 0 Å². The number of benzene rings is 1. The highest BCUT2D eigenvalue weighted by molar-refractivity contribution is 5.81. The lowest BCUT2D eigenvalue weighted by molar-refractivity contribution is -0.384. The maximum absolute atomic E-state index is 11.0. The number of nitro benzene ring substituents is 1. The van der Waals surface area contributed by atoms with Crippen LogP contribution in [-0.2, 0) is 4.79 Å². The van der Waals surface area contributed by atoms with Crippen molar-refractivity contribution in [3.8, 4) is 0 Å². The van der Waals surface area contributed by atoms with Crippen LogP contribution in [0.15, 0.2) is 24.3 Å². The molecule has 6 nitrogen and oxygen atoms in total. The van der Waals surface area contributed by atoms with Crippen molar-refractivity contribution in [3.05, 3.63) is 34.4 Å². The smallest absolute Gasteiger partial charge is 0.271 e. The highest BCUT2D eigenvalue weighted by Crippen LogP contribution is 2.21. The van der Waals surface area contributed by atoms with Crippen LogP contribution >= 0.6 is 0 Å². The highest BCUT2D eigenvalue weighted by Gasteiger charge is 2.19. The second-order valence-corrected chi connectivity index (χ2v) is 3.21. The lowest BCUT2D eigenvalue weighted by Gasteiger charge is -2.16. The first kappa shape index (κ1) is 9.45. The molecule has 1 fully saturated rings. The first-order valence-corrected chi connectivity index (χ1v) is 4.48. The van der Waals surface area contributed by atoms with Gasteiger partial charge in [-0.3, -0.25) is 25.3 Å². The lowest BCUT2D eigenvalue weighted by Crippen LogP contribution is -2.32. The van der Waals surface area contributed by atoms with Crippen LogP contribution in [0.3, 0.4) is 0 Å². The minimum atomic E-state index is -0.457. The number of nitrogens with one attached hydrogen (secondary N) is 1. The number of carbonyl (C=O) groups is 1. The Hall–Kier alpha value is -2.11. The van der Waals surface area contributed by atoms with Crippen LogP contribution in [0.2, 0.25) is 0 Å². The molecule has 1 saturated heterocycles. The number of hydrazine groups is 1. The summed E-state index contributed by atoms with van der Waals surface area (Å²) in [6.45, 7) is 0.542. The zero-order valence-electron chi connectivity index (χ0n) is 7.84. The van der Waals surface area contributed by atoms with Gasteiger partial charge in [0.2, 0.25) is 5.91 Å². The first-order valence-electron chi connectivity index (χ1n) is 4.48. The van der Waals surface area contributed by atoms with Crippen molar-refractivity contribution >= 4 is 17.3 Å². The number of anilines is 1. The fourth-order valence-electron chi connectivity index (χ4n) is 1.44. The Morgan fingerprint density at radius 1 is 1.47 bits per heavy atom. The Morgan fingerprint density at radius 2 is 2.27 bits per heavy atom. The molecule has 1 aromatic carbocycles. The van der Waals surface area contributed by atoms with Crippen LogP contribution in [0.5, 0.6) is 0 Å². The molecule has 1 heterocycles. The van der Waals surface area contributed by atoms with Crippen LogP contribution < -0.4 is 10.4 Å². The van der Waals surface area contributed by atoms with Crippen molar-refractivity contribution in [3.63, 3.8) is 0 Å². The number of hydrogen-bond donors (Lipinski definition) is 1. The highest BCUT2D eigenvalue weighted by atomic mass is 16.6. The minimum absolute atomic E-state index is 0.0219. The fraction of sp³-hybridized carbons (Fsp3) is 0.222. The molecular formula is C9H9N3O3. The van der Waals surface area contributed by atoms with E-state index in [9.17, 15) is 14.9 Å². The van der Waals surface area contributed by atoms with Gasteiger partial charge in [-0.15, -0.1) is 0 Å². The molecular weight excluding hydrogens is 198 g/mol. The summed E-state index contributed by atoms with van der Waals surface area (Å²) in [5, 5.41) is 12.1. The number of rotatable bonds is 2. The van der Waals surface area contributed by atoms with Gasteiger partial charge in [-0.05, 0) is 6.07 Å². The van der Waals surface area contributed by atoms with Gasteiger partial charge in [0, 0.05) is 25.1 Å². The molecule has 1 aliphatic rings. The molecule has 78 valence electrons. The van der Waals surface area contributed by atoms with Gasteiger partial charge in [0.05, 0.1) is 10.6 Å². The molecule has 0 spiro atoms. The third-order valence-electron chi connectivity index (χ3n) is 2.17. The first-order chi connectivity index (χ1) is 7.16. The zero-order valence-corrected chi connectivity index (χ0v) is 7.84. The fourth-order valence-corrected chi connectivity index (χ4v) is 1.44.